The van der Waals surface area contributed by atoms with Crippen molar-refractivity contribution < 1.29 is 9.21 Å². The molecule has 19 heavy (non-hydrogen) atoms. The molecule has 1 aliphatic rings. The van der Waals surface area contributed by atoms with Crippen LogP contribution in [0.25, 0.3) is 0 Å². The number of carbonyl (C=O) groups excluding carboxylic acids is 1. The van der Waals surface area contributed by atoms with Crippen molar-refractivity contribution in [3.63, 3.8) is 0 Å². The number of alkyl halides is 1. The Balaban J connectivity index is 1.72. The van der Waals surface area contributed by atoms with Crippen molar-refractivity contribution in [2.24, 2.45) is 5.41 Å². The maximum Gasteiger partial charge on any atom is 0.220 e. The smallest absolute Gasteiger partial charge is 0.220 e. The van der Waals surface area contributed by atoms with Gasteiger partial charge in [-0.3, -0.25) is 4.79 Å². The second kappa shape index (κ2) is 7.13. The summed E-state index contributed by atoms with van der Waals surface area (Å²) in [6, 6.07) is 3.77. The second-order valence-electron chi connectivity index (χ2n) is 5.55. The Hall–Kier alpha value is -0.770. The third-order valence-electron chi connectivity index (χ3n) is 4.04. The number of carbonyl (C=O) groups is 1. The van der Waals surface area contributed by atoms with E-state index in [-0.39, 0.29) is 11.3 Å². The van der Waals surface area contributed by atoms with Crippen LogP contribution in [0.3, 0.4) is 0 Å². The molecular formula is C15H22BrNO2. The largest absolute Gasteiger partial charge is 0.469 e. The van der Waals surface area contributed by atoms with Crippen LogP contribution in [-0.4, -0.2) is 17.8 Å². The molecule has 1 aromatic heterocycles. The van der Waals surface area contributed by atoms with Crippen molar-refractivity contribution in [3.05, 3.63) is 24.2 Å². The number of rotatable bonds is 6. The number of nitrogens with one attached hydrogen (secondary N) is 1. The van der Waals surface area contributed by atoms with E-state index >= 15 is 0 Å². The zero-order chi connectivity index (χ0) is 13.6. The number of halogens is 1. The molecule has 106 valence electrons. The fourth-order valence-electron chi connectivity index (χ4n) is 2.73. The Labute approximate surface area is 123 Å². The van der Waals surface area contributed by atoms with Gasteiger partial charge in [-0.15, -0.1) is 0 Å². The van der Waals surface area contributed by atoms with Gasteiger partial charge in [0, 0.05) is 24.7 Å². The quantitative estimate of drug-likeness (QED) is 0.810. The molecule has 4 heteroatoms. The van der Waals surface area contributed by atoms with E-state index in [9.17, 15) is 4.79 Å². The van der Waals surface area contributed by atoms with Crippen LogP contribution >= 0.6 is 15.9 Å². The maximum absolute atomic E-state index is 11.9. The molecule has 1 aromatic rings. The van der Waals surface area contributed by atoms with E-state index in [2.05, 4.69) is 21.2 Å². The average molecular weight is 328 g/mol. The Bertz CT molecular complexity index is 383. The molecule has 1 fully saturated rings. The Morgan fingerprint density at radius 3 is 2.79 bits per heavy atom. The molecule has 0 bridgehead atoms. The topological polar surface area (TPSA) is 42.2 Å². The lowest BCUT2D eigenvalue weighted by molar-refractivity contribution is -0.121. The minimum Gasteiger partial charge on any atom is -0.469 e. The average Bonchev–Trinajstić information content (AvgIpc) is 2.97. The molecule has 0 radical (unpaired) electrons. The Morgan fingerprint density at radius 1 is 1.37 bits per heavy atom. The number of hydrogen-bond acceptors (Lipinski definition) is 2. The number of amides is 1. The van der Waals surface area contributed by atoms with E-state index in [0.29, 0.717) is 12.8 Å². The van der Waals surface area contributed by atoms with E-state index < -0.39 is 0 Å². The van der Waals surface area contributed by atoms with Crippen LogP contribution in [0.2, 0.25) is 0 Å². The highest BCUT2D eigenvalue weighted by molar-refractivity contribution is 9.09. The molecule has 1 saturated carbocycles. The van der Waals surface area contributed by atoms with Gasteiger partial charge in [-0.05, 0) is 30.4 Å². The normalized spacial score (nSPS) is 18.2. The van der Waals surface area contributed by atoms with Gasteiger partial charge in [0.2, 0.25) is 5.91 Å². The first-order chi connectivity index (χ1) is 9.24. The zero-order valence-electron chi connectivity index (χ0n) is 11.3. The summed E-state index contributed by atoms with van der Waals surface area (Å²) in [5, 5.41) is 4.08. The van der Waals surface area contributed by atoms with E-state index in [4.69, 9.17) is 4.42 Å². The van der Waals surface area contributed by atoms with Crippen LogP contribution in [0.1, 0.15) is 44.3 Å². The van der Waals surface area contributed by atoms with Crippen molar-refractivity contribution >= 4 is 21.8 Å². The van der Waals surface area contributed by atoms with Crippen LogP contribution in [0.5, 0.6) is 0 Å². The highest BCUT2D eigenvalue weighted by atomic mass is 79.9. The fraction of sp³-hybridized carbons (Fsp3) is 0.667. The molecule has 2 rings (SSSR count). The van der Waals surface area contributed by atoms with E-state index in [0.717, 1.165) is 17.6 Å². The summed E-state index contributed by atoms with van der Waals surface area (Å²) in [5.74, 6) is 1.00. The van der Waals surface area contributed by atoms with Crippen molar-refractivity contribution in [2.75, 3.05) is 11.9 Å². The first-order valence-corrected chi connectivity index (χ1v) is 8.21. The van der Waals surface area contributed by atoms with Gasteiger partial charge in [0.15, 0.2) is 0 Å². The second-order valence-corrected chi connectivity index (χ2v) is 6.11. The summed E-state index contributed by atoms with van der Waals surface area (Å²) in [6.07, 6.45) is 9.18. The molecular weight excluding hydrogens is 306 g/mol. The highest BCUT2D eigenvalue weighted by Crippen LogP contribution is 2.37. The lowest BCUT2D eigenvalue weighted by atomic mass is 9.75. The first-order valence-electron chi connectivity index (χ1n) is 7.09. The van der Waals surface area contributed by atoms with Gasteiger partial charge < -0.3 is 9.73 Å². The van der Waals surface area contributed by atoms with Gasteiger partial charge in [-0.25, -0.2) is 0 Å². The summed E-state index contributed by atoms with van der Waals surface area (Å²) in [4.78, 5) is 11.9. The van der Waals surface area contributed by atoms with Crippen LogP contribution in [0.15, 0.2) is 22.8 Å². The van der Waals surface area contributed by atoms with Crippen LogP contribution in [0, 0.1) is 5.41 Å². The van der Waals surface area contributed by atoms with Crippen molar-refractivity contribution in [2.45, 2.75) is 44.9 Å². The fourth-order valence-corrected chi connectivity index (χ4v) is 3.48. The van der Waals surface area contributed by atoms with Gasteiger partial charge >= 0.3 is 0 Å². The number of hydrogen-bond donors (Lipinski definition) is 1. The number of furan rings is 1. The van der Waals surface area contributed by atoms with Crippen LogP contribution in [-0.2, 0) is 11.2 Å². The molecule has 0 unspecified atom stereocenters. The van der Waals surface area contributed by atoms with Crippen molar-refractivity contribution in [3.8, 4) is 0 Å². The predicted octanol–water partition coefficient (Wildman–Crippen LogP) is 3.67. The molecule has 1 heterocycles. The van der Waals surface area contributed by atoms with Gasteiger partial charge in [0.25, 0.3) is 0 Å². The standard InChI is InChI=1S/C15H22BrNO2/c16-11-15(8-2-1-3-9-15)12-17-14(18)7-6-13-5-4-10-19-13/h4-5,10H,1-3,6-9,11-12H2,(H,17,18). The van der Waals surface area contributed by atoms with Gasteiger partial charge in [0.05, 0.1) is 6.26 Å². The third-order valence-corrected chi connectivity index (χ3v) is 5.23. The monoisotopic (exact) mass is 327 g/mol. The van der Waals surface area contributed by atoms with E-state index in [1.165, 1.54) is 32.1 Å². The molecule has 3 nitrogen and oxygen atoms in total. The van der Waals surface area contributed by atoms with Crippen molar-refractivity contribution in [1.29, 1.82) is 0 Å². The third kappa shape index (κ3) is 4.37. The molecule has 0 atom stereocenters. The van der Waals surface area contributed by atoms with Gasteiger partial charge in [-0.1, -0.05) is 35.2 Å². The Kier molecular flexibility index (Phi) is 5.49. The predicted molar refractivity (Wildman–Crippen MR) is 79.4 cm³/mol. The Morgan fingerprint density at radius 2 is 2.16 bits per heavy atom. The molecule has 0 saturated heterocycles. The van der Waals surface area contributed by atoms with E-state index in [1.807, 2.05) is 12.1 Å². The lowest BCUT2D eigenvalue weighted by Crippen LogP contribution is -2.40. The number of aryl methyl sites for hydroxylation is 1. The molecule has 0 spiro atoms. The molecule has 0 aliphatic heterocycles. The summed E-state index contributed by atoms with van der Waals surface area (Å²) in [5.41, 5.74) is 0.276. The van der Waals surface area contributed by atoms with E-state index in [1.54, 1.807) is 6.26 Å². The maximum atomic E-state index is 11.9. The minimum absolute atomic E-state index is 0.127. The first kappa shape index (κ1) is 14.6. The van der Waals surface area contributed by atoms with Gasteiger partial charge in [0.1, 0.15) is 5.76 Å². The molecule has 1 aliphatic carbocycles. The lowest BCUT2D eigenvalue weighted by Gasteiger charge is -2.35. The molecule has 1 N–H and O–H groups in total. The molecule has 1 amide bonds. The van der Waals surface area contributed by atoms with Crippen molar-refractivity contribution in [1.82, 2.24) is 5.32 Å². The van der Waals surface area contributed by atoms with Gasteiger partial charge in [-0.2, -0.15) is 0 Å². The summed E-state index contributed by atoms with van der Waals surface area (Å²) in [7, 11) is 0. The SMILES string of the molecule is O=C(CCc1ccco1)NCC1(CBr)CCCCC1. The van der Waals surface area contributed by atoms with Crippen LogP contribution in [0.4, 0.5) is 0 Å². The van der Waals surface area contributed by atoms with Crippen LogP contribution < -0.4 is 5.32 Å². The molecule has 0 aromatic carbocycles. The summed E-state index contributed by atoms with van der Waals surface area (Å²) < 4.78 is 5.23. The zero-order valence-corrected chi connectivity index (χ0v) is 12.9. The summed E-state index contributed by atoms with van der Waals surface area (Å²) >= 11 is 3.62. The minimum atomic E-state index is 0.127. The summed E-state index contributed by atoms with van der Waals surface area (Å²) in [6.45, 7) is 0.801. The highest BCUT2D eigenvalue weighted by Gasteiger charge is 2.31.